The molecule has 0 fully saturated rings. The van der Waals surface area contributed by atoms with Gasteiger partial charge in [0.05, 0.1) is 0 Å². The molecule has 0 radical (unpaired) electrons. The minimum absolute atomic E-state index is 0.119. The fourth-order valence-electron chi connectivity index (χ4n) is 2.57. The molecule has 20 heavy (non-hydrogen) atoms. The van der Waals surface area contributed by atoms with E-state index in [2.05, 4.69) is 0 Å². The molecule has 0 aromatic carbocycles. The minimum Gasteiger partial charge on any atom is -0.477 e. The van der Waals surface area contributed by atoms with Crippen molar-refractivity contribution in [2.45, 2.75) is 13.8 Å². The number of hydrogen-bond donors (Lipinski definition) is 1. The predicted molar refractivity (Wildman–Crippen MR) is 71.3 cm³/mol. The number of furan rings is 1. The zero-order valence-corrected chi connectivity index (χ0v) is 10.8. The Morgan fingerprint density at radius 1 is 1.15 bits per heavy atom. The van der Waals surface area contributed by atoms with Crippen LogP contribution >= 0.6 is 0 Å². The van der Waals surface area contributed by atoms with Gasteiger partial charge in [-0.05, 0) is 48.8 Å². The Kier molecular flexibility index (Phi) is 2.41. The zero-order valence-electron chi connectivity index (χ0n) is 10.8. The van der Waals surface area contributed by atoms with Crippen LogP contribution in [0.4, 0.5) is 0 Å². The lowest BCUT2D eigenvalue weighted by Gasteiger charge is -1.97. The number of rotatable bonds is 1. The highest BCUT2D eigenvalue weighted by molar-refractivity contribution is 6.17. The van der Waals surface area contributed by atoms with Gasteiger partial charge in [0.1, 0.15) is 5.76 Å². The van der Waals surface area contributed by atoms with Gasteiger partial charge >= 0.3 is 11.6 Å². The van der Waals surface area contributed by atoms with Gasteiger partial charge in [-0.2, -0.15) is 0 Å². The van der Waals surface area contributed by atoms with E-state index in [0.717, 1.165) is 5.57 Å². The number of hydrogen-bond acceptors (Lipinski definition) is 4. The van der Waals surface area contributed by atoms with E-state index in [-0.39, 0.29) is 17.1 Å². The molecule has 3 aliphatic rings. The highest BCUT2D eigenvalue weighted by atomic mass is 16.4. The molecule has 3 rings (SSSR count). The van der Waals surface area contributed by atoms with Gasteiger partial charge < -0.3 is 9.52 Å². The molecule has 0 saturated heterocycles. The summed E-state index contributed by atoms with van der Waals surface area (Å²) >= 11 is 0. The summed E-state index contributed by atoms with van der Waals surface area (Å²) < 4.78 is 4.98. The molecule has 0 amide bonds. The average molecular weight is 270 g/mol. The summed E-state index contributed by atoms with van der Waals surface area (Å²) in [5, 5.41) is 9.13. The topological polar surface area (TPSA) is 84.6 Å². The SMILES string of the molecule is CC1=CC(=O)c2c(C)cc3oc(=O)c(C(=O)O)c-3cc21. The quantitative estimate of drug-likeness (QED) is 0.859. The molecule has 1 aliphatic heterocycles. The lowest BCUT2D eigenvalue weighted by atomic mass is 10.0. The van der Waals surface area contributed by atoms with Gasteiger partial charge in [0.2, 0.25) is 0 Å². The first kappa shape index (κ1) is 12.3. The molecule has 0 aromatic rings. The van der Waals surface area contributed by atoms with E-state index in [1.54, 1.807) is 19.9 Å². The Bertz CT molecular complexity index is 838. The van der Waals surface area contributed by atoms with Crippen molar-refractivity contribution in [1.29, 1.82) is 0 Å². The van der Waals surface area contributed by atoms with E-state index in [4.69, 9.17) is 9.52 Å². The molecular formula is C15H10O5. The van der Waals surface area contributed by atoms with Gasteiger partial charge in [-0.1, -0.05) is 0 Å². The van der Waals surface area contributed by atoms with Crippen molar-refractivity contribution < 1.29 is 19.1 Å². The van der Waals surface area contributed by atoms with Gasteiger partial charge in [0, 0.05) is 11.1 Å². The van der Waals surface area contributed by atoms with Gasteiger partial charge in [0.15, 0.2) is 11.3 Å². The number of aryl methyl sites for hydroxylation is 1. The number of allylic oxidation sites excluding steroid dienone is 2. The Morgan fingerprint density at radius 2 is 1.85 bits per heavy atom. The van der Waals surface area contributed by atoms with Crippen molar-refractivity contribution in [3.05, 3.63) is 50.9 Å². The summed E-state index contributed by atoms with van der Waals surface area (Å²) in [6, 6.07) is 3.08. The van der Waals surface area contributed by atoms with Gasteiger partial charge in [-0.15, -0.1) is 0 Å². The summed E-state index contributed by atoms with van der Waals surface area (Å²) in [6.45, 7) is 3.50. The molecule has 0 saturated carbocycles. The van der Waals surface area contributed by atoms with Crippen molar-refractivity contribution in [1.82, 2.24) is 0 Å². The van der Waals surface area contributed by atoms with Crippen LogP contribution in [0.25, 0.3) is 16.9 Å². The van der Waals surface area contributed by atoms with Crippen LogP contribution < -0.4 is 5.63 Å². The van der Waals surface area contributed by atoms with Crippen LogP contribution in [0.2, 0.25) is 0 Å². The third-order valence-electron chi connectivity index (χ3n) is 3.47. The van der Waals surface area contributed by atoms with E-state index in [9.17, 15) is 14.4 Å². The second kappa shape index (κ2) is 3.90. The number of fused-ring (bicyclic) bond motifs is 2. The fraction of sp³-hybridized carbons (Fsp3) is 0.133. The predicted octanol–water partition coefficient (Wildman–Crippen LogP) is 2.35. The first-order chi connectivity index (χ1) is 9.40. The molecule has 0 atom stereocenters. The van der Waals surface area contributed by atoms with Gasteiger partial charge in [-0.25, -0.2) is 9.59 Å². The second-order valence-corrected chi connectivity index (χ2v) is 4.80. The maximum Gasteiger partial charge on any atom is 0.351 e. The normalized spacial score (nSPS) is 13.5. The molecule has 5 nitrogen and oxygen atoms in total. The lowest BCUT2D eigenvalue weighted by Crippen LogP contribution is -2.08. The molecule has 0 aromatic heterocycles. The van der Waals surface area contributed by atoms with Crippen LogP contribution in [0.1, 0.15) is 38.8 Å². The summed E-state index contributed by atoms with van der Waals surface area (Å²) in [5.41, 5.74) is 1.51. The van der Waals surface area contributed by atoms with Crippen LogP contribution in [0, 0.1) is 6.92 Å². The van der Waals surface area contributed by atoms with E-state index in [0.29, 0.717) is 16.7 Å². The Labute approximate surface area is 113 Å². The number of ketones is 1. The first-order valence-electron chi connectivity index (χ1n) is 5.98. The lowest BCUT2D eigenvalue weighted by molar-refractivity contribution is 0.0695. The molecule has 5 heteroatoms. The minimum atomic E-state index is -1.34. The van der Waals surface area contributed by atoms with Crippen LogP contribution in [-0.2, 0) is 0 Å². The van der Waals surface area contributed by atoms with E-state index < -0.39 is 17.2 Å². The summed E-state index contributed by atoms with van der Waals surface area (Å²) in [4.78, 5) is 34.7. The third-order valence-corrected chi connectivity index (χ3v) is 3.47. The largest absolute Gasteiger partial charge is 0.477 e. The van der Waals surface area contributed by atoms with E-state index in [1.807, 2.05) is 0 Å². The smallest absolute Gasteiger partial charge is 0.351 e. The highest BCUT2D eigenvalue weighted by Gasteiger charge is 2.27. The van der Waals surface area contributed by atoms with Crippen molar-refractivity contribution in [2.24, 2.45) is 0 Å². The Morgan fingerprint density at radius 3 is 2.50 bits per heavy atom. The maximum absolute atomic E-state index is 11.9. The molecule has 1 heterocycles. The van der Waals surface area contributed by atoms with Crippen LogP contribution in [0.15, 0.2) is 27.4 Å². The van der Waals surface area contributed by atoms with E-state index in [1.165, 1.54) is 12.1 Å². The number of aromatic carboxylic acids is 1. The van der Waals surface area contributed by atoms with Crippen molar-refractivity contribution in [3.63, 3.8) is 0 Å². The van der Waals surface area contributed by atoms with Crippen LogP contribution in [0.5, 0.6) is 0 Å². The third kappa shape index (κ3) is 1.53. The Hall–Kier alpha value is -2.69. The zero-order chi connectivity index (χ0) is 14.6. The average Bonchev–Trinajstić information content (AvgIpc) is 2.72. The maximum atomic E-state index is 11.9. The molecule has 100 valence electrons. The second-order valence-electron chi connectivity index (χ2n) is 4.80. The van der Waals surface area contributed by atoms with Crippen molar-refractivity contribution in [2.75, 3.05) is 0 Å². The number of carbonyl (C=O) groups is 2. The first-order valence-corrected chi connectivity index (χ1v) is 5.98. The molecule has 0 bridgehead atoms. The summed E-state index contributed by atoms with van der Waals surface area (Å²) in [7, 11) is 0. The molecule has 1 N–H and O–H groups in total. The molecule has 0 spiro atoms. The van der Waals surface area contributed by atoms with Gasteiger partial charge in [0.25, 0.3) is 0 Å². The highest BCUT2D eigenvalue weighted by Crippen LogP contribution is 2.35. The molecule has 0 unspecified atom stereocenters. The van der Waals surface area contributed by atoms with E-state index >= 15 is 0 Å². The number of carboxylic acid groups (broad SMARTS) is 1. The number of carboxylic acids is 1. The molecular weight excluding hydrogens is 260 g/mol. The monoisotopic (exact) mass is 270 g/mol. The van der Waals surface area contributed by atoms with Gasteiger partial charge in [-0.3, -0.25) is 4.79 Å². The standard InChI is InChI=1S/C15H10O5/c1-6-3-10(16)12-7(2)4-11-9(5-8(6)12)13(14(17)18)15(19)20-11/h3-5H,1-2H3,(H,17,18). The summed E-state index contributed by atoms with van der Waals surface area (Å²) in [5.74, 6) is -1.27. The number of carbonyl (C=O) groups excluding carboxylic acids is 1. The van der Waals surface area contributed by atoms with Crippen LogP contribution in [-0.4, -0.2) is 16.9 Å². The van der Waals surface area contributed by atoms with Crippen molar-refractivity contribution in [3.8, 4) is 11.3 Å². The molecule has 2 aliphatic carbocycles. The Balaban J connectivity index is 2.48. The summed E-state index contributed by atoms with van der Waals surface area (Å²) in [6.07, 6.45) is 1.50. The van der Waals surface area contributed by atoms with Crippen LogP contribution in [0.3, 0.4) is 0 Å². The van der Waals surface area contributed by atoms with Crippen molar-refractivity contribution >= 4 is 17.3 Å². The fourth-order valence-corrected chi connectivity index (χ4v) is 2.57.